The standard InChI is InChI=1S/C4HF8/c5-2(6,4(10,11)12)1-3(7,8)9/h1H. The molecular formula is C4HF8. The van der Waals surface area contributed by atoms with E-state index in [-0.39, 0.29) is 0 Å². The Morgan fingerprint density at radius 3 is 1.08 bits per heavy atom. The van der Waals surface area contributed by atoms with E-state index >= 15 is 0 Å². The molecular weight excluding hydrogens is 200 g/mol. The third-order valence-electron chi connectivity index (χ3n) is 0.723. The lowest BCUT2D eigenvalue weighted by molar-refractivity contribution is -0.284. The minimum Gasteiger partial charge on any atom is -0.196 e. The molecule has 0 nitrogen and oxygen atoms in total. The van der Waals surface area contributed by atoms with Crippen molar-refractivity contribution in [2.75, 3.05) is 0 Å². The van der Waals surface area contributed by atoms with Gasteiger partial charge in [-0.2, -0.15) is 35.1 Å². The smallest absolute Gasteiger partial charge is 0.196 e. The van der Waals surface area contributed by atoms with Crippen molar-refractivity contribution in [2.24, 2.45) is 0 Å². The van der Waals surface area contributed by atoms with Gasteiger partial charge in [0.2, 0.25) is 0 Å². The quantitative estimate of drug-likeness (QED) is 0.572. The fourth-order valence-corrected chi connectivity index (χ4v) is 0.287. The summed E-state index contributed by atoms with van der Waals surface area (Å²) in [7, 11) is 0. The molecule has 0 aliphatic carbocycles. The first-order valence-corrected chi connectivity index (χ1v) is 2.34. The van der Waals surface area contributed by atoms with Crippen molar-refractivity contribution in [1.29, 1.82) is 0 Å². The van der Waals surface area contributed by atoms with Crippen LogP contribution in [-0.2, 0) is 0 Å². The SMILES string of the molecule is FC(F)(F)[CH]C(F)(F)C(F)(F)F. The van der Waals surface area contributed by atoms with Gasteiger partial charge in [-0.3, -0.25) is 0 Å². The van der Waals surface area contributed by atoms with Gasteiger partial charge in [0.1, 0.15) is 6.42 Å². The van der Waals surface area contributed by atoms with Crippen molar-refractivity contribution in [3.05, 3.63) is 6.42 Å². The van der Waals surface area contributed by atoms with Crippen LogP contribution in [0, 0.1) is 6.42 Å². The van der Waals surface area contributed by atoms with E-state index in [2.05, 4.69) is 0 Å². The molecule has 0 N–H and O–H groups in total. The summed E-state index contributed by atoms with van der Waals surface area (Å²) >= 11 is 0. The lowest BCUT2D eigenvalue weighted by Gasteiger charge is -2.19. The summed E-state index contributed by atoms with van der Waals surface area (Å²) in [5.41, 5.74) is 0. The first-order valence-electron chi connectivity index (χ1n) is 2.34. The summed E-state index contributed by atoms with van der Waals surface area (Å²) in [4.78, 5) is 0. The molecule has 0 fully saturated rings. The second-order valence-corrected chi connectivity index (χ2v) is 1.81. The molecule has 0 atom stereocenters. The lowest BCUT2D eigenvalue weighted by Crippen LogP contribution is -2.41. The van der Waals surface area contributed by atoms with Crippen LogP contribution in [0.25, 0.3) is 0 Å². The van der Waals surface area contributed by atoms with Crippen LogP contribution in [0.1, 0.15) is 0 Å². The Morgan fingerprint density at radius 1 is 0.667 bits per heavy atom. The van der Waals surface area contributed by atoms with E-state index < -0.39 is 24.7 Å². The zero-order chi connectivity index (χ0) is 10.2. The van der Waals surface area contributed by atoms with Gasteiger partial charge in [-0.1, -0.05) is 0 Å². The second-order valence-electron chi connectivity index (χ2n) is 1.81. The average Bonchev–Trinajstić information content (AvgIpc) is 1.52. The summed E-state index contributed by atoms with van der Waals surface area (Å²) < 4.78 is 89.4. The highest BCUT2D eigenvalue weighted by Gasteiger charge is 2.62. The Bertz CT molecular complexity index is 149. The number of rotatable bonds is 1. The van der Waals surface area contributed by atoms with Gasteiger partial charge in [0.15, 0.2) is 0 Å². The highest BCUT2D eigenvalue weighted by atomic mass is 19.4. The van der Waals surface area contributed by atoms with E-state index in [9.17, 15) is 35.1 Å². The van der Waals surface area contributed by atoms with Crippen LogP contribution in [0.2, 0.25) is 0 Å². The molecule has 0 amide bonds. The molecule has 0 heterocycles. The van der Waals surface area contributed by atoms with Gasteiger partial charge in [0.05, 0.1) is 0 Å². The Kier molecular flexibility index (Phi) is 2.61. The van der Waals surface area contributed by atoms with Crippen molar-refractivity contribution in [3.8, 4) is 0 Å². The van der Waals surface area contributed by atoms with Crippen LogP contribution in [-0.4, -0.2) is 18.3 Å². The summed E-state index contributed by atoms with van der Waals surface area (Å²) in [6, 6.07) is 0. The molecule has 0 aromatic carbocycles. The zero-order valence-electron chi connectivity index (χ0n) is 5.10. The average molecular weight is 201 g/mol. The second kappa shape index (κ2) is 2.74. The number of hydrogen-bond acceptors (Lipinski definition) is 0. The van der Waals surface area contributed by atoms with Gasteiger partial charge in [-0.25, -0.2) is 0 Å². The number of hydrogen-bond donors (Lipinski definition) is 0. The maximum absolute atomic E-state index is 11.5. The van der Waals surface area contributed by atoms with Crippen molar-refractivity contribution in [3.63, 3.8) is 0 Å². The van der Waals surface area contributed by atoms with Crippen LogP contribution in [0.5, 0.6) is 0 Å². The molecule has 0 unspecified atom stereocenters. The molecule has 0 spiro atoms. The molecule has 1 radical (unpaired) electrons. The first-order chi connectivity index (χ1) is 4.96. The summed E-state index contributed by atoms with van der Waals surface area (Å²) in [6.07, 6.45) is -13.9. The Balaban J connectivity index is 4.44. The first kappa shape index (κ1) is 11.4. The van der Waals surface area contributed by atoms with E-state index in [0.29, 0.717) is 0 Å². The van der Waals surface area contributed by atoms with Crippen LogP contribution in [0.15, 0.2) is 0 Å². The molecule has 73 valence electrons. The Labute approximate surface area is 61.2 Å². The maximum atomic E-state index is 11.5. The molecule has 0 rings (SSSR count). The van der Waals surface area contributed by atoms with Crippen molar-refractivity contribution >= 4 is 0 Å². The van der Waals surface area contributed by atoms with E-state index in [1.807, 2.05) is 0 Å². The fourth-order valence-electron chi connectivity index (χ4n) is 0.287. The Morgan fingerprint density at radius 2 is 1.00 bits per heavy atom. The third kappa shape index (κ3) is 3.22. The van der Waals surface area contributed by atoms with E-state index in [1.54, 1.807) is 0 Å². The molecule has 8 heteroatoms. The van der Waals surface area contributed by atoms with Gasteiger partial charge in [-0.15, -0.1) is 0 Å². The van der Waals surface area contributed by atoms with Crippen LogP contribution in [0.3, 0.4) is 0 Å². The van der Waals surface area contributed by atoms with Crippen LogP contribution in [0.4, 0.5) is 35.1 Å². The third-order valence-corrected chi connectivity index (χ3v) is 0.723. The molecule has 0 aromatic heterocycles. The molecule has 0 saturated carbocycles. The number of halogens is 8. The molecule has 0 bridgehead atoms. The van der Waals surface area contributed by atoms with Crippen molar-refractivity contribution in [1.82, 2.24) is 0 Å². The molecule has 0 saturated heterocycles. The number of alkyl halides is 8. The molecule has 0 aromatic rings. The van der Waals surface area contributed by atoms with E-state index in [0.717, 1.165) is 0 Å². The molecule has 0 aliphatic heterocycles. The highest BCUT2D eigenvalue weighted by Crippen LogP contribution is 2.42. The molecule has 0 aliphatic rings. The van der Waals surface area contributed by atoms with Crippen LogP contribution >= 0.6 is 0 Å². The van der Waals surface area contributed by atoms with Crippen molar-refractivity contribution in [2.45, 2.75) is 18.3 Å². The lowest BCUT2D eigenvalue weighted by atomic mass is 10.2. The summed E-state index contributed by atoms with van der Waals surface area (Å²) in [6.45, 7) is 0. The zero-order valence-corrected chi connectivity index (χ0v) is 5.10. The fraction of sp³-hybridized carbons (Fsp3) is 0.750. The molecule has 12 heavy (non-hydrogen) atoms. The van der Waals surface area contributed by atoms with Gasteiger partial charge < -0.3 is 0 Å². The van der Waals surface area contributed by atoms with Crippen molar-refractivity contribution < 1.29 is 35.1 Å². The largest absolute Gasteiger partial charge is 0.453 e. The predicted octanol–water partition coefficient (Wildman–Crippen LogP) is 2.95. The minimum absolute atomic E-state index is 2.00. The topological polar surface area (TPSA) is 0 Å². The maximum Gasteiger partial charge on any atom is 0.453 e. The van der Waals surface area contributed by atoms with E-state index in [1.165, 1.54) is 0 Å². The highest BCUT2D eigenvalue weighted by molar-refractivity contribution is 4.95. The van der Waals surface area contributed by atoms with Gasteiger partial charge in [-0.05, 0) is 0 Å². The normalized spacial score (nSPS) is 15.0. The minimum atomic E-state index is -6.21. The predicted molar refractivity (Wildman–Crippen MR) is 21.4 cm³/mol. The summed E-state index contributed by atoms with van der Waals surface area (Å²) in [5, 5.41) is 0. The Hall–Kier alpha value is -0.560. The van der Waals surface area contributed by atoms with Crippen LogP contribution < -0.4 is 0 Å². The van der Waals surface area contributed by atoms with Gasteiger partial charge in [0.25, 0.3) is 0 Å². The summed E-state index contributed by atoms with van der Waals surface area (Å²) in [5.74, 6) is -5.83. The van der Waals surface area contributed by atoms with Gasteiger partial charge >= 0.3 is 18.3 Å². The van der Waals surface area contributed by atoms with Gasteiger partial charge in [0, 0.05) is 0 Å². The van der Waals surface area contributed by atoms with E-state index in [4.69, 9.17) is 0 Å². The monoisotopic (exact) mass is 201 g/mol.